The van der Waals surface area contributed by atoms with Crippen molar-refractivity contribution in [1.29, 1.82) is 0 Å². The monoisotopic (exact) mass is 764 g/mol. The molecule has 1 aromatic heterocycles. The van der Waals surface area contributed by atoms with Gasteiger partial charge >= 0.3 is 0 Å². The second kappa shape index (κ2) is 12.1. The van der Waals surface area contributed by atoms with Crippen molar-refractivity contribution >= 4 is 73.1 Å². The Morgan fingerprint density at radius 3 is 1.78 bits per heavy atom. The molecule has 4 aliphatic rings. The standard InChI is InChI=1S/C53H44N6/c1-33-23-26-39(27-24-33)56-46-30-36-15-9-10-16-37(36)31-47(46)58-45-28-25-34(2)29-41(45)52(4)32-35(3)40-19-11-14-22-44(40)59-49-48(54-42-20-12-13-21-43(42)55-49)57(38-17-7-6-8-18-38)51(59)53(52,5)50(56)58/h6-31,50-51H,3,32H2,1-2,4-5H3. The van der Waals surface area contributed by atoms with E-state index in [-0.39, 0.29) is 12.3 Å². The number of hydrogen-bond acceptors (Lipinski definition) is 6. The van der Waals surface area contributed by atoms with Crippen molar-refractivity contribution in [1.82, 2.24) is 9.97 Å². The highest BCUT2D eigenvalue weighted by atomic mass is 15.5. The summed E-state index contributed by atoms with van der Waals surface area (Å²) >= 11 is 0. The molecule has 0 saturated carbocycles. The number of rotatable bonds is 2. The Hall–Kier alpha value is -6.92. The van der Waals surface area contributed by atoms with Crippen LogP contribution >= 0.6 is 0 Å². The summed E-state index contributed by atoms with van der Waals surface area (Å²) in [5.74, 6) is 1.71. The van der Waals surface area contributed by atoms with Gasteiger partial charge in [-0.05, 0) is 103 Å². The minimum atomic E-state index is -0.606. The number of nitrogens with zero attached hydrogens (tertiary/aromatic N) is 6. The van der Waals surface area contributed by atoms with E-state index in [2.05, 4.69) is 205 Å². The van der Waals surface area contributed by atoms with Crippen molar-refractivity contribution in [3.05, 3.63) is 187 Å². The Bertz CT molecular complexity index is 3050. The first-order valence-corrected chi connectivity index (χ1v) is 20.7. The molecule has 6 heteroatoms. The van der Waals surface area contributed by atoms with Gasteiger partial charge in [0.25, 0.3) is 0 Å². The van der Waals surface area contributed by atoms with E-state index in [4.69, 9.17) is 16.5 Å². The maximum Gasteiger partial charge on any atom is 0.179 e. The lowest BCUT2D eigenvalue weighted by Gasteiger charge is -2.64. The molecule has 0 N–H and O–H groups in total. The van der Waals surface area contributed by atoms with Crippen molar-refractivity contribution in [3.63, 3.8) is 0 Å². The fourth-order valence-corrected chi connectivity index (χ4v) is 11.1. The van der Waals surface area contributed by atoms with Crippen LogP contribution in [0.15, 0.2) is 164 Å². The second-order valence-electron chi connectivity index (χ2n) is 17.4. The van der Waals surface area contributed by atoms with Crippen molar-refractivity contribution in [2.45, 2.75) is 51.9 Å². The average Bonchev–Trinajstić information content (AvgIpc) is 3.77. The zero-order valence-corrected chi connectivity index (χ0v) is 33.8. The molecule has 12 rings (SSSR count). The van der Waals surface area contributed by atoms with Crippen LogP contribution in [0.1, 0.15) is 42.5 Å². The molecule has 286 valence electrons. The number of anilines is 8. The first-order valence-electron chi connectivity index (χ1n) is 20.7. The molecule has 0 saturated heterocycles. The Balaban J connectivity index is 1.26. The number of aryl methyl sites for hydroxylation is 2. The number of para-hydroxylation sites is 4. The number of hydrogen-bond donors (Lipinski definition) is 0. The molecule has 7 aromatic carbocycles. The summed E-state index contributed by atoms with van der Waals surface area (Å²) in [6.07, 6.45) is 0.263. The third-order valence-electron chi connectivity index (χ3n) is 14.1. The molecule has 4 unspecified atom stereocenters. The van der Waals surface area contributed by atoms with Crippen LogP contribution in [0, 0.1) is 19.3 Å². The normalized spacial score (nSPS) is 22.5. The molecule has 0 fully saturated rings. The minimum absolute atomic E-state index is 0.197. The van der Waals surface area contributed by atoms with Crippen LogP contribution in [-0.2, 0) is 5.41 Å². The van der Waals surface area contributed by atoms with Gasteiger partial charge in [-0.1, -0.05) is 129 Å². The van der Waals surface area contributed by atoms with Gasteiger partial charge in [0.1, 0.15) is 12.3 Å². The third-order valence-corrected chi connectivity index (χ3v) is 14.1. The molecule has 0 radical (unpaired) electrons. The Labute approximate surface area is 345 Å². The van der Waals surface area contributed by atoms with Crippen LogP contribution in [0.3, 0.4) is 0 Å². The molecule has 8 aromatic rings. The van der Waals surface area contributed by atoms with Gasteiger partial charge in [-0.15, -0.1) is 0 Å². The molecule has 6 nitrogen and oxygen atoms in total. The molecule has 4 aliphatic heterocycles. The van der Waals surface area contributed by atoms with Crippen LogP contribution in [0.2, 0.25) is 0 Å². The van der Waals surface area contributed by atoms with E-state index in [0.717, 1.165) is 57.3 Å². The van der Waals surface area contributed by atoms with Crippen molar-refractivity contribution in [3.8, 4) is 0 Å². The average molecular weight is 765 g/mol. The fourth-order valence-electron chi connectivity index (χ4n) is 11.1. The van der Waals surface area contributed by atoms with Gasteiger partial charge in [-0.2, -0.15) is 0 Å². The van der Waals surface area contributed by atoms with Gasteiger partial charge in [-0.3, -0.25) is 0 Å². The lowest BCUT2D eigenvalue weighted by Crippen LogP contribution is -2.71. The van der Waals surface area contributed by atoms with E-state index in [1.807, 2.05) is 0 Å². The van der Waals surface area contributed by atoms with Gasteiger partial charge in [0.2, 0.25) is 0 Å². The molecule has 5 heterocycles. The lowest BCUT2D eigenvalue weighted by molar-refractivity contribution is 0.0791. The second-order valence-corrected chi connectivity index (χ2v) is 17.4. The SMILES string of the molecule is C=C1CC2(C)c3cc(C)ccc3N3c4cc5ccccc5cc4N(c4ccc(C)cc4)C3C2(C)C2N(c3ccccc3)c3nc4ccccc4nc3N2c2ccccc21. The molecular formula is C53H44N6. The lowest BCUT2D eigenvalue weighted by atomic mass is 9.52. The first-order chi connectivity index (χ1) is 28.7. The summed E-state index contributed by atoms with van der Waals surface area (Å²) in [6, 6.07) is 57.9. The van der Waals surface area contributed by atoms with Crippen LogP contribution in [0.4, 0.5) is 45.8 Å². The highest BCUT2D eigenvalue weighted by Gasteiger charge is 2.69. The predicted octanol–water partition coefficient (Wildman–Crippen LogP) is 13.0. The number of fused-ring (bicyclic) bond motifs is 16. The quantitative estimate of drug-likeness (QED) is 0.175. The van der Waals surface area contributed by atoms with E-state index >= 15 is 0 Å². The van der Waals surface area contributed by atoms with E-state index in [0.29, 0.717) is 0 Å². The molecule has 0 aliphatic carbocycles. The van der Waals surface area contributed by atoms with E-state index in [9.17, 15) is 0 Å². The van der Waals surface area contributed by atoms with Gasteiger partial charge in [0.05, 0.1) is 33.5 Å². The smallest absolute Gasteiger partial charge is 0.179 e. The number of aromatic nitrogens is 2. The minimum Gasteiger partial charge on any atom is -0.317 e. The van der Waals surface area contributed by atoms with E-state index in [1.54, 1.807) is 0 Å². The summed E-state index contributed by atoms with van der Waals surface area (Å²) < 4.78 is 0. The summed E-state index contributed by atoms with van der Waals surface area (Å²) in [5.41, 5.74) is 13.7. The van der Waals surface area contributed by atoms with Crippen LogP contribution in [0.5, 0.6) is 0 Å². The summed E-state index contributed by atoms with van der Waals surface area (Å²) in [7, 11) is 0. The van der Waals surface area contributed by atoms with Crippen LogP contribution in [-0.4, -0.2) is 22.3 Å². The van der Waals surface area contributed by atoms with Gasteiger partial charge in [0.15, 0.2) is 11.6 Å². The summed E-state index contributed by atoms with van der Waals surface area (Å²) in [5, 5.41) is 2.45. The zero-order chi connectivity index (χ0) is 39.8. The van der Waals surface area contributed by atoms with E-state index in [1.165, 1.54) is 44.5 Å². The van der Waals surface area contributed by atoms with Crippen LogP contribution < -0.4 is 19.6 Å². The molecular weight excluding hydrogens is 721 g/mol. The highest BCUT2D eigenvalue weighted by molar-refractivity contribution is 6.01. The first kappa shape index (κ1) is 34.1. The van der Waals surface area contributed by atoms with Gasteiger partial charge in [-0.25, -0.2) is 9.97 Å². The molecule has 59 heavy (non-hydrogen) atoms. The maximum atomic E-state index is 5.58. The number of benzene rings is 7. The molecule has 0 bridgehead atoms. The topological polar surface area (TPSA) is 38.7 Å². The van der Waals surface area contributed by atoms with Crippen molar-refractivity contribution in [2.75, 3.05) is 19.6 Å². The van der Waals surface area contributed by atoms with E-state index < -0.39 is 10.8 Å². The van der Waals surface area contributed by atoms with Gasteiger partial charge < -0.3 is 19.6 Å². The third kappa shape index (κ3) is 4.52. The Morgan fingerprint density at radius 2 is 1.07 bits per heavy atom. The van der Waals surface area contributed by atoms with Crippen molar-refractivity contribution in [2.24, 2.45) is 5.41 Å². The highest BCUT2D eigenvalue weighted by Crippen LogP contribution is 2.70. The number of allylic oxidation sites excluding steroid dienone is 1. The van der Waals surface area contributed by atoms with Gasteiger partial charge in [0, 0.05) is 28.0 Å². The molecule has 0 amide bonds. The molecule has 4 atom stereocenters. The summed E-state index contributed by atoms with van der Waals surface area (Å²) in [4.78, 5) is 21.5. The summed E-state index contributed by atoms with van der Waals surface area (Å²) in [6.45, 7) is 14.5. The largest absolute Gasteiger partial charge is 0.317 e. The Morgan fingerprint density at radius 1 is 0.508 bits per heavy atom. The predicted molar refractivity (Wildman–Crippen MR) is 244 cm³/mol. The van der Waals surface area contributed by atoms with Crippen LogP contribution in [0.25, 0.3) is 27.4 Å². The fraction of sp³-hybridized carbons (Fsp3) is 0.170. The molecule has 0 spiro atoms. The maximum absolute atomic E-state index is 5.58. The Kier molecular flexibility index (Phi) is 6.98. The van der Waals surface area contributed by atoms with Crippen molar-refractivity contribution < 1.29 is 0 Å². The zero-order valence-electron chi connectivity index (χ0n) is 33.8.